The molecule has 2 N–H and O–H groups in total. The molecule has 1 amide bonds. The molecule has 8 heteroatoms. The zero-order valence-electron chi connectivity index (χ0n) is 14.5. The molecule has 0 saturated carbocycles. The molecule has 2 heterocycles. The molecule has 1 unspecified atom stereocenters. The van der Waals surface area contributed by atoms with Crippen LogP contribution in [0.25, 0.3) is 0 Å². The molecule has 2 aromatic heterocycles. The highest BCUT2D eigenvalue weighted by molar-refractivity contribution is 5.92. The van der Waals surface area contributed by atoms with Gasteiger partial charge in [0.05, 0.1) is 6.54 Å². The van der Waals surface area contributed by atoms with Gasteiger partial charge in [-0.05, 0) is 31.0 Å². The van der Waals surface area contributed by atoms with E-state index in [0.717, 1.165) is 5.56 Å². The summed E-state index contributed by atoms with van der Waals surface area (Å²) in [7, 11) is 0. The van der Waals surface area contributed by atoms with Gasteiger partial charge in [-0.3, -0.25) is 14.2 Å². The summed E-state index contributed by atoms with van der Waals surface area (Å²) in [6, 6.07) is 10.4. The maximum atomic E-state index is 12.3. The standard InChI is InChI=1S/C18H19N5O3/c1-12-5-3-4-6-14(12)11-22-9-8-16(21-22)19-17(24)13(2)23-10-7-15(20-23)18(25)26/h3-10,13H,11H2,1-2H3,(H,25,26)(H,19,21,24). The smallest absolute Gasteiger partial charge is 0.356 e. The fraction of sp³-hybridized carbons (Fsp3) is 0.222. The van der Waals surface area contributed by atoms with Gasteiger partial charge < -0.3 is 10.4 Å². The zero-order valence-corrected chi connectivity index (χ0v) is 14.5. The van der Waals surface area contributed by atoms with Crippen molar-refractivity contribution < 1.29 is 14.7 Å². The highest BCUT2D eigenvalue weighted by Crippen LogP contribution is 2.13. The molecule has 26 heavy (non-hydrogen) atoms. The maximum Gasteiger partial charge on any atom is 0.356 e. The topological polar surface area (TPSA) is 102 Å². The van der Waals surface area contributed by atoms with Crippen molar-refractivity contribution in [3.63, 3.8) is 0 Å². The molecule has 0 fully saturated rings. The minimum absolute atomic E-state index is 0.104. The van der Waals surface area contributed by atoms with E-state index in [2.05, 4.69) is 15.5 Å². The average Bonchev–Trinajstić information content (AvgIpc) is 3.26. The number of aryl methyl sites for hydroxylation is 1. The van der Waals surface area contributed by atoms with E-state index in [1.165, 1.54) is 22.5 Å². The van der Waals surface area contributed by atoms with E-state index in [1.54, 1.807) is 23.9 Å². The fourth-order valence-corrected chi connectivity index (χ4v) is 2.50. The molecule has 1 aromatic carbocycles. The fourth-order valence-electron chi connectivity index (χ4n) is 2.50. The first-order chi connectivity index (χ1) is 12.4. The van der Waals surface area contributed by atoms with Crippen LogP contribution in [0.1, 0.15) is 34.6 Å². The molecule has 1 atom stereocenters. The minimum atomic E-state index is -1.13. The summed E-state index contributed by atoms with van der Waals surface area (Å²) in [6.07, 6.45) is 3.26. The van der Waals surface area contributed by atoms with Crippen LogP contribution in [0.15, 0.2) is 48.8 Å². The van der Waals surface area contributed by atoms with Gasteiger partial charge in [-0.2, -0.15) is 10.2 Å². The summed E-state index contributed by atoms with van der Waals surface area (Å²) in [5.41, 5.74) is 2.22. The molecule has 0 spiro atoms. The molecule has 0 radical (unpaired) electrons. The van der Waals surface area contributed by atoms with Gasteiger partial charge in [0.1, 0.15) is 6.04 Å². The van der Waals surface area contributed by atoms with E-state index in [-0.39, 0.29) is 11.6 Å². The first kappa shape index (κ1) is 17.4. The lowest BCUT2D eigenvalue weighted by Crippen LogP contribution is -2.24. The Bertz CT molecular complexity index is 944. The largest absolute Gasteiger partial charge is 0.476 e. The van der Waals surface area contributed by atoms with E-state index < -0.39 is 12.0 Å². The molecule has 0 saturated heterocycles. The van der Waals surface area contributed by atoms with Crippen molar-refractivity contribution >= 4 is 17.7 Å². The van der Waals surface area contributed by atoms with Gasteiger partial charge in [-0.25, -0.2) is 4.79 Å². The second kappa shape index (κ2) is 7.22. The van der Waals surface area contributed by atoms with Crippen molar-refractivity contribution in [1.82, 2.24) is 19.6 Å². The third kappa shape index (κ3) is 3.80. The number of hydrogen-bond donors (Lipinski definition) is 2. The van der Waals surface area contributed by atoms with Crippen LogP contribution in [-0.4, -0.2) is 36.5 Å². The van der Waals surface area contributed by atoms with Crippen LogP contribution in [-0.2, 0) is 11.3 Å². The Hall–Kier alpha value is -3.42. The Kier molecular flexibility index (Phi) is 4.83. The Morgan fingerprint density at radius 2 is 1.92 bits per heavy atom. The SMILES string of the molecule is Cc1ccccc1Cn1ccc(NC(=O)C(C)n2ccc(C(=O)O)n2)n1. The second-order valence-corrected chi connectivity index (χ2v) is 5.98. The normalized spacial score (nSPS) is 11.9. The number of nitrogens with one attached hydrogen (secondary N) is 1. The van der Waals surface area contributed by atoms with Gasteiger partial charge in [0.15, 0.2) is 11.5 Å². The van der Waals surface area contributed by atoms with Crippen LogP contribution in [0.4, 0.5) is 5.82 Å². The zero-order chi connectivity index (χ0) is 18.7. The Morgan fingerprint density at radius 3 is 2.62 bits per heavy atom. The number of amides is 1. The maximum absolute atomic E-state index is 12.3. The summed E-state index contributed by atoms with van der Waals surface area (Å²) in [6.45, 7) is 4.29. The number of carboxylic acids is 1. The molecule has 0 aliphatic heterocycles. The van der Waals surface area contributed by atoms with Gasteiger partial charge in [0.25, 0.3) is 0 Å². The predicted molar refractivity (Wildman–Crippen MR) is 95.0 cm³/mol. The van der Waals surface area contributed by atoms with Crippen LogP contribution in [0, 0.1) is 6.92 Å². The summed E-state index contributed by atoms with van der Waals surface area (Å²) in [4.78, 5) is 23.2. The van der Waals surface area contributed by atoms with Gasteiger partial charge >= 0.3 is 5.97 Å². The lowest BCUT2D eigenvalue weighted by molar-refractivity contribution is -0.119. The van der Waals surface area contributed by atoms with Gasteiger partial charge in [-0.15, -0.1) is 0 Å². The second-order valence-electron chi connectivity index (χ2n) is 5.98. The lowest BCUT2D eigenvalue weighted by Gasteiger charge is -2.11. The van der Waals surface area contributed by atoms with Crippen molar-refractivity contribution in [2.45, 2.75) is 26.4 Å². The number of benzene rings is 1. The first-order valence-electron chi connectivity index (χ1n) is 8.11. The highest BCUT2D eigenvalue weighted by atomic mass is 16.4. The minimum Gasteiger partial charge on any atom is -0.476 e. The molecule has 0 aliphatic carbocycles. The van der Waals surface area contributed by atoms with E-state index in [1.807, 2.05) is 31.2 Å². The summed E-state index contributed by atoms with van der Waals surface area (Å²) >= 11 is 0. The monoisotopic (exact) mass is 353 g/mol. The molecule has 8 nitrogen and oxygen atoms in total. The Balaban J connectivity index is 1.65. The number of anilines is 1. The number of carbonyl (C=O) groups is 2. The van der Waals surface area contributed by atoms with Crippen LogP contribution in [0.3, 0.4) is 0 Å². The van der Waals surface area contributed by atoms with Gasteiger partial charge in [0.2, 0.25) is 5.91 Å². The number of aromatic carboxylic acids is 1. The van der Waals surface area contributed by atoms with Crippen molar-refractivity contribution in [3.05, 3.63) is 65.6 Å². The number of carbonyl (C=O) groups excluding carboxylic acids is 1. The molecule has 0 aliphatic rings. The van der Waals surface area contributed by atoms with Crippen LogP contribution in [0.5, 0.6) is 0 Å². The molecule has 0 bridgehead atoms. The van der Waals surface area contributed by atoms with Crippen molar-refractivity contribution in [3.8, 4) is 0 Å². The lowest BCUT2D eigenvalue weighted by atomic mass is 10.1. The van der Waals surface area contributed by atoms with E-state index in [4.69, 9.17) is 5.11 Å². The van der Waals surface area contributed by atoms with Crippen molar-refractivity contribution in [1.29, 1.82) is 0 Å². The Labute approximate surface area is 150 Å². The van der Waals surface area contributed by atoms with Crippen LogP contribution < -0.4 is 5.32 Å². The summed E-state index contributed by atoms with van der Waals surface area (Å²) in [5, 5.41) is 19.9. The first-order valence-corrected chi connectivity index (χ1v) is 8.11. The van der Waals surface area contributed by atoms with E-state index in [0.29, 0.717) is 12.4 Å². The third-order valence-electron chi connectivity index (χ3n) is 4.09. The van der Waals surface area contributed by atoms with E-state index in [9.17, 15) is 9.59 Å². The molecular formula is C18H19N5O3. The number of rotatable bonds is 6. The van der Waals surface area contributed by atoms with Crippen LogP contribution in [0.2, 0.25) is 0 Å². The number of carboxylic acid groups (broad SMARTS) is 1. The summed E-state index contributed by atoms with van der Waals surface area (Å²) in [5.74, 6) is -1.03. The number of nitrogens with zero attached hydrogens (tertiary/aromatic N) is 4. The van der Waals surface area contributed by atoms with Crippen LogP contribution >= 0.6 is 0 Å². The van der Waals surface area contributed by atoms with Gasteiger partial charge in [-0.1, -0.05) is 24.3 Å². The third-order valence-corrected chi connectivity index (χ3v) is 4.09. The average molecular weight is 353 g/mol. The summed E-state index contributed by atoms with van der Waals surface area (Å²) < 4.78 is 3.06. The van der Waals surface area contributed by atoms with Crippen molar-refractivity contribution in [2.75, 3.05) is 5.32 Å². The predicted octanol–water partition coefficient (Wildman–Crippen LogP) is 2.33. The molecular weight excluding hydrogens is 334 g/mol. The molecule has 3 aromatic rings. The van der Waals surface area contributed by atoms with Crippen molar-refractivity contribution in [2.24, 2.45) is 0 Å². The molecule has 3 rings (SSSR count). The Morgan fingerprint density at radius 1 is 1.15 bits per heavy atom. The number of hydrogen-bond acceptors (Lipinski definition) is 4. The highest BCUT2D eigenvalue weighted by Gasteiger charge is 2.18. The number of aromatic nitrogens is 4. The van der Waals surface area contributed by atoms with Gasteiger partial charge in [0, 0.05) is 18.5 Å². The molecule has 134 valence electrons. The quantitative estimate of drug-likeness (QED) is 0.708. The van der Waals surface area contributed by atoms with E-state index >= 15 is 0 Å².